The van der Waals surface area contributed by atoms with Gasteiger partial charge in [-0.2, -0.15) is 0 Å². The number of thiazole rings is 1. The fourth-order valence-corrected chi connectivity index (χ4v) is 2.36. The van der Waals surface area contributed by atoms with Crippen molar-refractivity contribution >= 4 is 17.1 Å². The summed E-state index contributed by atoms with van der Waals surface area (Å²) < 4.78 is 0. The number of rotatable bonds is 3. The summed E-state index contributed by atoms with van der Waals surface area (Å²) in [6.45, 7) is 6.11. The molecule has 1 heterocycles. The van der Waals surface area contributed by atoms with Crippen LogP contribution in [0.1, 0.15) is 35.3 Å². The van der Waals surface area contributed by atoms with Gasteiger partial charge in [-0.05, 0) is 26.7 Å². The molecular formula is C11H15NOS. The van der Waals surface area contributed by atoms with Crippen LogP contribution >= 0.6 is 11.3 Å². The van der Waals surface area contributed by atoms with Crippen molar-refractivity contribution in [1.29, 1.82) is 0 Å². The monoisotopic (exact) mass is 209 g/mol. The first kappa shape index (κ1) is 9.84. The van der Waals surface area contributed by atoms with Crippen LogP contribution in [0.2, 0.25) is 0 Å². The van der Waals surface area contributed by atoms with Crippen LogP contribution in [0.5, 0.6) is 0 Å². The van der Waals surface area contributed by atoms with E-state index in [4.69, 9.17) is 0 Å². The molecule has 1 fully saturated rings. The Balaban J connectivity index is 2.07. The summed E-state index contributed by atoms with van der Waals surface area (Å²) >= 11 is 1.65. The first-order valence-corrected chi connectivity index (χ1v) is 5.79. The van der Waals surface area contributed by atoms with Crippen LogP contribution < -0.4 is 0 Å². The van der Waals surface area contributed by atoms with E-state index in [0.717, 1.165) is 23.5 Å². The van der Waals surface area contributed by atoms with Crippen LogP contribution in [0, 0.1) is 19.3 Å². The van der Waals surface area contributed by atoms with Gasteiger partial charge in [-0.3, -0.25) is 4.79 Å². The van der Waals surface area contributed by atoms with Crippen molar-refractivity contribution in [2.75, 3.05) is 0 Å². The molecule has 0 unspecified atom stereocenters. The lowest BCUT2D eigenvalue weighted by Crippen LogP contribution is -2.14. The molecule has 2 nitrogen and oxygen atoms in total. The second-order valence-corrected chi connectivity index (χ2v) is 5.70. The van der Waals surface area contributed by atoms with Crippen LogP contribution in [0.3, 0.4) is 0 Å². The molecular weight excluding hydrogens is 194 g/mol. The molecule has 0 saturated heterocycles. The molecule has 1 aromatic rings. The van der Waals surface area contributed by atoms with E-state index in [2.05, 4.69) is 18.8 Å². The second kappa shape index (κ2) is 3.16. The van der Waals surface area contributed by atoms with Gasteiger partial charge in [0.05, 0.1) is 12.1 Å². The number of ketones is 1. The highest BCUT2D eigenvalue weighted by molar-refractivity contribution is 7.11. The zero-order valence-corrected chi connectivity index (χ0v) is 9.70. The van der Waals surface area contributed by atoms with Gasteiger partial charge in [0.25, 0.3) is 0 Å². The number of hydrogen-bond donors (Lipinski definition) is 0. The number of aryl methyl sites for hydroxylation is 2. The number of hydrogen-bond acceptors (Lipinski definition) is 3. The number of Topliss-reactive ketones (excluding diaryl/α,β-unsaturated/α-hetero) is 1. The largest absolute Gasteiger partial charge is 0.299 e. The average Bonchev–Trinajstić information content (AvgIpc) is 2.77. The van der Waals surface area contributed by atoms with Crippen molar-refractivity contribution in [1.82, 2.24) is 4.98 Å². The third-order valence-electron chi connectivity index (χ3n) is 3.06. The summed E-state index contributed by atoms with van der Waals surface area (Å²) in [4.78, 5) is 17.4. The van der Waals surface area contributed by atoms with Gasteiger partial charge in [-0.1, -0.05) is 6.92 Å². The van der Waals surface area contributed by atoms with E-state index in [1.165, 1.54) is 4.88 Å². The summed E-state index contributed by atoms with van der Waals surface area (Å²) in [6.07, 6.45) is 2.67. The minimum absolute atomic E-state index is 0.00647. The fraction of sp³-hybridized carbons (Fsp3) is 0.636. The molecule has 0 amide bonds. The van der Waals surface area contributed by atoms with Crippen LogP contribution in [0.25, 0.3) is 0 Å². The van der Waals surface area contributed by atoms with Gasteiger partial charge in [0, 0.05) is 10.3 Å². The number of nitrogens with zero attached hydrogens (tertiary/aromatic N) is 1. The van der Waals surface area contributed by atoms with Gasteiger partial charge in [0.2, 0.25) is 0 Å². The molecule has 0 N–H and O–H groups in total. The maximum atomic E-state index is 11.8. The second-order valence-electron chi connectivity index (χ2n) is 4.41. The summed E-state index contributed by atoms with van der Waals surface area (Å²) in [5, 5.41) is 0.984. The van der Waals surface area contributed by atoms with Crippen LogP contribution in [0.4, 0.5) is 0 Å². The first-order chi connectivity index (χ1) is 6.51. The molecule has 1 aliphatic rings. The quantitative estimate of drug-likeness (QED) is 0.766. The molecule has 0 bridgehead atoms. The maximum absolute atomic E-state index is 11.8. The van der Waals surface area contributed by atoms with Gasteiger partial charge in [-0.15, -0.1) is 11.3 Å². The Bertz CT molecular complexity index is 357. The molecule has 3 heteroatoms. The molecule has 0 spiro atoms. The number of carbonyl (C=O) groups excluding carboxylic acids is 1. The summed E-state index contributed by atoms with van der Waals surface area (Å²) in [5.41, 5.74) is 1.06. The Labute approximate surface area is 88.4 Å². The van der Waals surface area contributed by atoms with E-state index < -0.39 is 0 Å². The predicted molar refractivity (Wildman–Crippen MR) is 57.6 cm³/mol. The minimum atomic E-state index is -0.00647. The summed E-state index contributed by atoms with van der Waals surface area (Å²) in [6, 6.07) is 0. The zero-order chi connectivity index (χ0) is 10.3. The third kappa shape index (κ3) is 1.73. The fourth-order valence-electron chi connectivity index (χ4n) is 1.43. The first-order valence-electron chi connectivity index (χ1n) is 4.97. The van der Waals surface area contributed by atoms with Crippen molar-refractivity contribution in [2.24, 2.45) is 5.41 Å². The molecule has 0 aliphatic heterocycles. The Hall–Kier alpha value is -0.700. The summed E-state index contributed by atoms with van der Waals surface area (Å²) in [5.74, 6) is 0.367. The van der Waals surface area contributed by atoms with Crippen LogP contribution in [-0.2, 0) is 11.2 Å². The normalized spacial score (nSPS) is 18.2. The SMILES string of the molecule is Cc1nc(CC(=O)C2(C)CC2)sc1C. The molecule has 1 aromatic heterocycles. The number of aromatic nitrogens is 1. The molecule has 0 radical (unpaired) electrons. The molecule has 76 valence electrons. The topological polar surface area (TPSA) is 30.0 Å². The highest BCUT2D eigenvalue weighted by atomic mass is 32.1. The molecule has 2 rings (SSSR count). The van der Waals surface area contributed by atoms with Crippen molar-refractivity contribution in [2.45, 2.75) is 40.0 Å². The third-order valence-corrected chi connectivity index (χ3v) is 4.13. The van der Waals surface area contributed by atoms with E-state index in [1.54, 1.807) is 11.3 Å². The smallest absolute Gasteiger partial charge is 0.145 e. The van der Waals surface area contributed by atoms with Crippen LogP contribution in [-0.4, -0.2) is 10.8 Å². The van der Waals surface area contributed by atoms with E-state index in [9.17, 15) is 4.79 Å². The van der Waals surface area contributed by atoms with Gasteiger partial charge >= 0.3 is 0 Å². The van der Waals surface area contributed by atoms with E-state index >= 15 is 0 Å². The summed E-state index contributed by atoms with van der Waals surface area (Å²) in [7, 11) is 0. The van der Waals surface area contributed by atoms with Gasteiger partial charge in [0.15, 0.2) is 0 Å². The van der Waals surface area contributed by atoms with Crippen molar-refractivity contribution in [3.63, 3.8) is 0 Å². The lowest BCUT2D eigenvalue weighted by atomic mass is 10.0. The van der Waals surface area contributed by atoms with E-state index in [-0.39, 0.29) is 5.41 Å². The Morgan fingerprint density at radius 3 is 2.57 bits per heavy atom. The molecule has 1 saturated carbocycles. The van der Waals surface area contributed by atoms with Crippen LogP contribution in [0.15, 0.2) is 0 Å². The van der Waals surface area contributed by atoms with Gasteiger partial charge < -0.3 is 0 Å². The highest BCUT2D eigenvalue weighted by Gasteiger charge is 2.44. The lowest BCUT2D eigenvalue weighted by Gasteiger charge is -2.03. The number of carbonyl (C=O) groups is 1. The zero-order valence-electron chi connectivity index (χ0n) is 8.89. The Morgan fingerprint density at radius 2 is 2.14 bits per heavy atom. The van der Waals surface area contributed by atoms with Gasteiger partial charge in [0.1, 0.15) is 10.8 Å². The van der Waals surface area contributed by atoms with E-state index in [0.29, 0.717) is 12.2 Å². The van der Waals surface area contributed by atoms with Gasteiger partial charge in [-0.25, -0.2) is 4.98 Å². The van der Waals surface area contributed by atoms with E-state index in [1.807, 2.05) is 6.92 Å². The molecule has 1 aliphatic carbocycles. The minimum Gasteiger partial charge on any atom is -0.299 e. The highest BCUT2D eigenvalue weighted by Crippen LogP contribution is 2.46. The standard InChI is InChI=1S/C11H15NOS/c1-7-8(2)14-10(12-7)6-9(13)11(3)4-5-11/h4-6H2,1-3H3. The maximum Gasteiger partial charge on any atom is 0.145 e. The Morgan fingerprint density at radius 1 is 1.50 bits per heavy atom. The Kier molecular flexibility index (Phi) is 2.22. The predicted octanol–water partition coefficient (Wildman–Crippen LogP) is 2.67. The lowest BCUT2D eigenvalue weighted by molar-refractivity contribution is -0.122. The van der Waals surface area contributed by atoms with Crippen molar-refractivity contribution < 1.29 is 4.79 Å². The molecule has 14 heavy (non-hydrogen) atoms. The van der Waals surface area contributed by atoms with Crippen molar-refractivity contribution in [3.05, 3.63) is 15.6 Å². The van der Waals surface area contributed by atoms with Crippen molar-refractivity contribution in [3.8, 4) is 0 Å². The molecule has 0 atom stereocenters. The average molecular weight is 209 g/mol. The molecule has 0 aromatic carbocycles.